The number of rotatable bonds is 3. The predicted molar refractivity (Wildman–Crippen MR) is 81.1 cm³/mol. The van der Waals surface area contributed by atoms with Gasteiger partial charge in [0.15, 0.2) is 0 Å². The summed E-state index contributed by atoms with van der Waals surface area (Å²) in [6.07, 6.45) is 6.10. The van der Waals surface area contributed by atoms with Crippen molar-refractivity contribution < 1.29 is 4.79 Å². The highest BCUT2D eigenvalue weighted by molar-refractivity contribution is 5.79. The van der Waals surface area contributed by atoms with Crippen molar-refractivity contribution in [2.75, 3.05) is 13.1 Å². The Morgan fingerprint density at radius 1 is 1.33 bits per heavy atom. The smallest absolute Gasteiger partial charge is 0.227 e. The molecule has 1 aromatic heterocycles. The molecule has 1 amide bonds. The number of benzene rings is 1. The summed E-state index contributed by atoms with van der Waals surface area (Å²) < 4.78 is 1.80. The SMILES string of the molecule is NC1CCCN(C(=O)Cc2ccc(-n3cccn3)cc2)C1. The average Bonchev–Trinajstić information content (AvgIpc) is 3.02. The first-order valence-corrected chi connectivity index (χ1v) is 7.35. The van der Waals surface area contributed by atoms with E-state index in [1.807, 2.05) is 41.4 Å². The van der Waals surface area contributed by atoms with Crippen molar-refractivity contribution in [1.29, 1.82) is 0 Å². The van der Waals surface area contributed by atoms with Gasteiger partial charge in [-0.25, -0.2) is 4.68 Å². The van der Waals surface area contributed by atoms with Crippen LogP contribution in [0.3, 0.4) is 0 Å². The largest absolute Gasteiger partial charge is 0.341 e. The minimum Gasteiger partial charge on any atom is -0.341 e. The summed E-state index contributed by atoms with van der Waals surface area (Å²) in [5, 5.41) is 4.19. The third-order valence-corrected chi connectivity index (χ3v) is 3.87. The highest BCUT2D eigenvalue weighted by Crippen LogP contribution is 2.13. The molecular formula is C16H20N4O. The van der Waals surface area contributed by atoms with Crippen LogP contribution < -0.4 is 5.73 Å². The van der Waals surface area contributed by atoms with E-state index in [1.165, 1.54) is 0 Å². The number of hydrogen-bond acceptors (Lipinski definition) is 3. The molecule has 1 atom stereocenters. The van der Waals surface area contributed by atoms with E-state index < -0.39 is 0 Å². The van der Waals surface area contributed by atoms with Crippen LogP contribution in [0.5, 0.6) is 0 Å². The number of piperidine rings is 1. The lowest BCUT2D eigenvalue weighted by Crippen LogP contribution is -2.46. The van der Waals surface area contributed by atoms with Crippen molar-refractivity contribution in [1.82, 2.24) is 14.7 Å². The summed E-state index contributed by atoms with van der Waals surface area (Å²) in [6, 6.07) is 9.95. The number of likely N-dealkylation sites (tertiary alicyclic amines) is 1. The standard InChI is InChI=1S/C16H20N4O/c17-14-3-1-9-19(12-14)16(21)11-13-4-6-15(7-5-13)20-10-2-8-18-20/h2,4-8,10,14H,1,3,9,11-12,17H2. The van der Waals surface area contributed by atoms with Gasteiger partial charge in [0.05, 0.1) is 12.1 Å². The normalized spacial score (nSPS) is 18.7. The maximum absolute atomic E-state index is 12.3. The van der Waals surface area contributed by atoms with Gasteiger partial charge in [-0.15, -0.1) is 0 Å². The van der Waals surface area contributed by atoms with Gasteiger partial charge in [0.2, 0.25) is 5.91 Å². The second kappa shape index (κ2) is 6.10. The van der Waals surface area contributed by atoms with Crippen LogP contribution in [0.25, 0.3) is 5.69 Å². The molecule has 1 aliphatic rings. The van der Waals surface area contributed by atoms with Crippen molar-refractivity contribution in [3.8, 4) is 5.69 Å². The molecule has 1 unspecified atom stereocenters. The molecule has 21 heavy (non-hydrogen) atoms. The molecule has 1 aromatic carbocycles. The van der Waals surface area contributed by atoms with E-state index in [9.17, 15) is 4.79 Å². The fourth-order valence-electron chi connectivity index (χ4n) is 2.71. The molecule has 0 radical (unpaired) electrons. The van der Waals surface area contributed by atoms with E-state index in [1.54, 1.807) is 10.9 Å². The Balaban J connectivity index is 1.63. The van der Waals surface area contributed by atoms with E-state index in [4.69, 9.17) is 5.73 Å². The number of hydrogen-bond donors (Lipinski definition) is 1. The molecular weight excluding hydrogens is 264 g/mol. The Labute approximate surface area is 124 Å². The van der Waals surface area contributed by atoms with Gasteiger partial charge in [0.25, 0.3) is 0 Å². The summed E-state index contributed by atoms with van der Waals surface area (Å²) in [5.41, 5.74) is 7.95. The fraction of sp³-hybridized carbons (Fsp3) is 0.375. The zero-order chi connectivity index (χ0) is 14.7. The summed E-state index contributed by atoms with van der Waals surface area (Å²) in [5.74, 6) is 0.164. The number of carbonyl (C=O) groups is 1. The number of carbonyl (C=O) groups excluding carboxylic acids is 1. The lowest BCUT2D eigenvalue weighted by Gasteiger charge is -2.30. The molecule has 1 aliphatic heterocycles. The fourth-order valence-corrected chi connectivity index (χ4v) is 2.71. The van der Waals surface area contributed by atoms with E-state index in [2.05, 4.69) is 5.10 Å². The summed E-state index contributed by atoms with van der Waals surface area (Å²) in [7, 11) is 0. The highest BCUT2D eigenvalue weighted by Gasteiger charge is 2.21. The minimum absolute atomic E-state index is 0.130. The third kappa shape index (κ3) is 3.31. The lowest BCUT2D eigenvalue weighted by molar-refractivity contribution is -0.131. The van der Waals surface area contributed by atoms with Crippen molar-refractivity contribution >= 4 is 5.91 Å². The molecule has 1 saturated heterocycles. The number of nitrogens with zero attached hydrogens (tertiary/aromatic N) is 3. The number of amides is 1. The summed E-state index contributed by atoms with van der Waals surface area (Å²) in [6.45, 7) is 1.52. The van der Waals surface area contributed by atoms with Crippen LogP contribution in [-0.4, -0.2) is 39.7 Å². The first-order chi connectivity index (χ1) is 10.2. The molecule has 3 rings (SSSR count). The first kappa shape index (κ1) is 13.8. The van der Waals surface area contributed by atoms with Crippen molar-refractivity contribution in [2.24, 2.45) is 5.73 Å². The second-order valence-corrected chi connectivity index (χ2v) is 5.54. The van der Waals surface area contributed by atoms with Crippen LogP contribution in [0.15, 0.2) is 42.7 Å². The zero-order valence-corrected chi connectivity index (χ0v) is 12.0. The van der Waals surface area contributed by atoms with Gasteiger partial charge >= 0.3 is 0 Å². The molecule has 1 fully saturated rings. The molecule has 0 saturated carbocycles. The second-order valence-electron chi connectivity index (χ2n) is 5.54. The molecule has 5 heteroatoms. The van der Waals surface area contributed by atoms with E-state index in [0.717, 1.165) is 30.6 Å². The Bertz CT molecular complexity index is 591. The van der Waals surface area contributed by atoms with Crippen LogP contribution in [0.2, 0.25) is 0 Å². The van der Waals surface area contributed by atoms with Crippen molar-refractivity contribution in [2.45, 2.75) is 25.3 Å². The number of nitrogens with two attached hydrogens (primary N) is 1. The van der Waals surface area contributed by atoms with Gasteiger partial charge < -0.3 is 10.6 Å². The highest BCUT2D eigenvalue weighted by atomic mass is 16.2. The molecule has 2 N–H and O–H groups in total. The third-order valence-electron chi connectivity index (χ3n) is 3.87. The van der Waals surface area contributed by atoms with Crippen LogP contribution in [0.4, 0.5) is 0 Å². The molecule has 2 heterocycles. The molecule has 5 nitrogen and oxygen atoms in total. The van der Waals surface area contributed by atoms with Gasteiger partial charge in [-0.3, -0.25) is 4.79 Å². The Kier molecular flexibility index (Phi) is 4.01. The van der Waals surface area contributed by atoms with Gasteiger partial charge in [-0.05, 0) is 36.6 Å². The first-order valence-electron chi connectivity index (χ1n) is 7.35. The van der Waals surface area contributed by atoms with Crippen LogP contribution >= 0.6 is 0 Å². The van der Waals surface area contributed by atoms with Crippen molar-refractivity contribution in [3.63, 3.8) is 0 Å². The maximum Gasteiger partial charge on any atom is 0.227 e. The van der Waals surface area contributed by atoms with E-state index >= 15 is 0 Å². The molecule has 2 aromatic rings. The predicted octanol–water partition coefficient (Wildman–Crippen LogP) is 1.36. The van der Waals surface area contributed by atoms with Gasteiger partial charge in [-0.2, -0.15) is 5.10 Å². The molecule has 110 valence electrons. The Morgan fingerprint density at radius 2 is 2.14 bits per heavy atom. The minimum atomic E-state index is 0.130. The Hall–Kier alpha value is -2.14. The summed E-state index contributed by atoms with van der Waals surface area (Å²) in [4.78, 5) is 14.2. The monoisotopic (exact) mass is 284 g/mol. The molecule has 0 bridgehead atoms. The van der Waals surface area contributed by atoms with Gasteiger partial charge in [-0.1, -0.05) is 12.1 Å². The molecule has 0 spiro atoms. The average molecular weight is 284 g/mol. The maximum atomic E-state index is 12.3. The van der Waals surface area contributed by atoms with Gasteiger partial charge in [0.1, 0.15) is 0 Å². The van der Waals surface area contributed by atoms with Crippen LogP contribution in [-0.2, 0) is 11.2 Å². The topological polar surface area (TPSA) is 64.2 Å². The zero-order valence-electron chi connectivity index (χ0n) is 12.0. The van der Waals surface area contributed by atoms with Crippen molar-refractivity contribution in [3.05, 3.63) is 48.3 Å². The molecule has 0 aliphatic carbocycles. The van der Waals surface area contributed by atoms with Gasteiger partial charge in [0, 0.05) is 31.5 Å². The number of aromatic nitrogens is 2. The van der Waals surface area contributed by atoms with E-state index in [-0.39, 0.29) is 11.9 Å². The summed E-state index contributed by atoms with van der Waals surface area (Å²) >= 11 is 0. The van der Waals surface area contributed by atoms with Crippen LogP contribution in [0.1, 0.15) is 18.4 Å². The van der Waals surface area contributed by atoms with E-state index in [0.29, 0.717) is 13.0 Å². The van der Waals surface area contributed by atoms with Crippen LogP contribution in [0, 0.1) is 0 Å². The lowest BCUT2D eigenvalue weighted by atomic mass is 10.0. The quantitative estimate of drug-likeness (QED) is 0.925. The Morgan fingerprint density at radius 3 is 2.81 bits per heavy atom.